The lowest BCUT2D eigenvalue weighted by Crippen LogP contribution is -2.37. The van der Waals surface area contributed by atoms with E-state index in [-0.39, 0.29) is 23.8 Å². The van der Waals surface area contributed by atoms with Crippen molar-refractivity contribution in [2.45, 2.75) is 36.6 Å². The van der Waals surface area contributed by atoms with Crippen LogP contribution >= 0.6 is 11.6 Å². The second kappa shape index (κ2) is 8.03. The summed E-state index contributed by atoms with van der Waals surface area (Å²) in [5, 5.41) is 0.365. The Morgan fingerprint density at radius 2 is 2.00 bits per heavy atom. The van der Waals surface area contributed by atoms with E-state index in [1.807, 2.05) is 4.90 Å². The molecule has 1 saturated heterocycles. The van der Waals surface area contributed by atoms with Crippen LogP contribution in [0.1, 0.15) is 25.7 Å². The van der Waals surface area contributed by atoms with Crippen LogP contribution in [0.4, 0.5) is 0 Å². The van der Waals surface area contributed by atoms with Crippen LogP contribution in [0.3, 0.4) is 0 Å². The molecule has 1 amide bonds. The predicted molar refractivity (Wildman–Crippen MR) is 97.0 cm³/mol. The number of rotatable bonds is 6. The van der Waals surface area contributed by atoms with Crippen molar-refractivity contribution in [3.8, 4) is 0 Å². The number of hydrogen-bond donors (Lipinski definition) is 1. The number of nitrogens with one attached hydrogen (secondary N) is 1. The average molecular weight is 386 g/mol. The van der Waals surface area contributed by atoms with Gasteiger partial charge in [0.1, 0.15) is 0 Å². The molecule has 1 aromatic carbocycles. The summed E-state index contributed by atoms with van der Waals surface area (Å²) < 4.78 is 26.9. The van der Waals surface area contributed by atoms with Gasteiger partial charge in [0.25, 0.3) is 0 Å². The molecule has 2 aliphatic rings. The van der Waals surface area contributed by atoms with Crippen LogP contribution in [0.5, 0.6) is 0 Å². The molecule has 1 heterocycles. The van der Waals surface area contributed by atoms with E-state index in [9.17, 15) is 13.2 Å². The van der Waals surface area contributed by atoms with Crippen LogP contribution in [-0.4, -0.2) is 62.9 Å². The third-order valence-electron chi connectivity index (χ3n) is 4.68. The Morgan fingerprint density at radius 1 is 1.20 bits per heavy atom. The van der Waals surface area contributed by atoms with Crippen LogP contribution in [-0.2, 0) is 14.8 Å². The van der Waals surface area contributed by atoms with E-state index in [0.29, 0.717) is 5.02 Å². The lowest BCUT2D eigenvalue weighted by molar-refractivity contribution is -0.130. The van der Waals surface area contributed by atoms with Crippen LogP contribution in [0, 0.1) is 0 Å². The first-order chi connectivity index (χ1) is 12.0. The topological polar surface area (TPSA) is 69.7 Å². The minimum atomic E-state index is -3.64. The van der Waals surface area contributed by atoms with Crippen molar-refractivity contribution in [3.63, 3.8) is 0 Å². The third kappa shape index (κ3) is 5.17. The SMILES string of the molecule is O=C(CCNS(=O)(=O)c1cccc(Cl)c1)N1CCCN(C2CC2)CC1. The average Bonchev–Trinajstić information content (AvgIpc) is 3.40. The molecule has 6 nitrogen and oxygen atoms in total. The Bertz CT molecular complexity index is 722. The normalized spacial score (nSPS) is 19.6. The molecule has 25 heavy (non-hydrogen) atoms. The number of benzene rings is 1. The maximum Gasteiger partial charge on any atom is 0.240 e. The predicted octanol–water partition coefficient (Wildman–Crippen LogP) is 1.71. The van der Waals surface area contributed by atoms with Gasteiger partial charge in [-0.25, -0.2) is 13.1 Å². The van der Waals surface area contributed by atoms with E-state index in [0.717, 1.165) is 38.6 Å². The molecule has 1 aliphatic heterocycles. The van der Waals surface area contributed by atoms with E-state index >= 15 is 0 Å². The smallest absolute Gasteiger partial charge is 0.240 e. The fourth-order valence-electron chi connectivity index (χ4n) is 3.16. The van der Waals surface area contributed by atoms with Gasteiger partial charge in [0.15, 0.2) is 0 Å². The Hall–Kier alpha value is -1.15. The highest BCUT2D eigenvalue weighted by atomic mass is 35.5. The Morgan fingerprint density at radius 3 is 2.72 bits per heavy atom. The van der Waals surface area contributed by atoms with E-state index < -0.39 is 10.0 Å². The standard InChI is InChI=1S/C17H24ClN3O3S/c18-14-3-1-4-16(13-14)25(23,24)19-8-7-17(22)21-10-2-9-20(11-12-21)15-5-6-15/h1,3-4,13,15,19H,2,5-12H2. The minimum Gasteiger partial charge on any atom is -0.341 e. The van der Waals surface area contributed by atoms with Crippen LogP contribution in [0.25, 0.3) is 0 Å². The van der Waals surface area contributed by atoms with Gasteiger partial charge in [0, 0.05) is 50.2 Å². The van der Waals surface area contributed by atoms with Crippen molar-refractivity contribution >= 4 is 27.5 Å². The maximum absolute atomic E-state index is 12.4. The summed E-state index contributed by atoms with van der Waals surface area (Å²) in [6, 6.07) is 6.81. The first kappa shape index (κ1) is 18.6. The third-order valence-corrected chi connectivity index (χ3v) is 6.38. The molecule has 0 aromatic heterocycles. The molecule has 0 unspecified atom stereocenters. The first-order valence-electron chi connectivity index (χ1n) is 8.73. The van der Waals surface area contributed by atoms with Gasteiger partial charge in [-0.3, -0.25) is 9.69 Å². The summed E-state index contributed by atoms with van der Waals surface area (Å²) in [6.07, 6.45) is 3.71. The second-order valence-corrected chi connectivity index (χ2v) is 8.81. The highest BCUT2D eigenvalue weighted by Crippen LogP contribution is 2.27. The zero-order chi connectivity index (χ0) is 17.9. The molecule has 0 atom stereocenters. The van der Waals surface area contributed by atoms with Crippen LogP contribution < -0.4 is 4.72 Å². The fourth-order valence-corrected chi connectivity index (χ4v) is 4.49. The van der Waals surface area contributed by atoms with E-state index in [1.165, 1.54) is 25.0 Å². The highest BCUT2D eigenvalue weighted by Gasteiger charge is 2.30. The summed E-state index contributed by atoms with van der Waals surface area (Å²) in [7, 11) is -3.64. The van der Waals surface area contributed by atoms with Gasteiger partial charge in [-0.15, -0.1) is 0 Å². The Kier molecular flexibility index (Phi) is 5.99. The number of sulfonamides is 1. The molecule has 8 heteroatoms. The number of carbonyl (C=O) groups excluding carboxylic acids is 1. The number of nitrogens with zero attached hydrogens (tertiary/aromatic N) is 2. The van der Waals surface area contributed by atoms with Gasteiger partial charge in [-0.1, -0.05) is 17.7 Å². The number of amides is 1. The lowest BCUT2D eigenvalue weighted by atomic mass is 10.3. The molecule has 1 N–H and O–H groups in total. The number of halogens is 1. The molecule has 3 rings (SSSR count). The van der Waals surface area contributed by atoms with Crippen molar-refractivity contribution in [1.82, 2.24) is 14.5 Å². The van der Waals surface area contributed by atoms with Crippen molar-refractivity contribution in [1.29, 1.82) is 0 Å². The molecule has 1 aromatic rings. The Balaban J connectivity index is 1.47. The number of hydrogen-bond acceptors (Lipinski definition) is 4. The molecule has 0 spiro atoms. The van der Waals surface area contributed by atoms with Crippen LogP contribution in [0.15, 0.2) is 29.2 Å². The summed E-state index contributed by atoms with van der Waals surface area (Å²) >= 11 is 5.83. The molecule has 0 bridgehead atoms. The maximum atomic E-state index is 12.4. The first-order valence-corrected chi connectivity index (χ1v) is 10.6. The summed E-state index contributed by atoms with van der Waals surface area (Å²) in [4.78, 5) is 16.8. The van der Waals surface area contributed by atoms with Crippen molar-refractivity contribution < 1.29 is 13.2 Å². The van der Waals surface area contributed by atoms with Gasteiger partial charge in [-0.05, 0) is 37.5 Å². The van der Waals surface area contributed by atoms with Gasteiger partial charge in [0.2, 0.25) is 15.9 Å². The largest absolute Gasteiger partial charge is 0.341 e. The van der Waals surface area contributed by atoms with E-state index in [2.05, 4.69) is 9.62 Å². The van der Waals surface area contributed by atoms with Crippen LogP contribution in [0.2, 0.25) is 5.02 Å². The fraction of sp³-hybridized carbons (Fsp3) is 0.588. The molecule has 2 fully saturated rings. The zero-order valence-electron chi connectivity index (χ0n) is 14.2. The van der Waals surface area contributed by atoms with E-state index in [1.54, 1.807) is 12.1 Å². The van der Waals surface area contributed by atoms with Gasteiger partial charge in [-0.2, -0.15) is 0 Å². The molecular formula is C17H24ClN3O3S. The van der Waals surface area contributed by atoms with Crippen molar-refractivity contribution in [2.75, 3.05) is 32.7 Å². The van der Waals surface area contributed by atoms with Crippen molar-refractivity contribution in [2.24, 2.45) is 0 Å². The van der Waals surface area contributed by atoms with E-state index in [4.69, 9.17) is 11.6 Å². The Labute approximate surface area is 154 Å². The second-order valence-electron chi connectivity index (χ2n) is 6.61. The molecule has 1 aliphatic carbocycles. The van der Waals surface area contributed by atoms with Gasteiger partial charge >= 0.3 is 0 Å². The quantitative estimate of drug-likeness (QED) is 0.809. The molecular weight excluding hydrogens is 362 g/mol. The summed E-state index contributed by atoms with van der Waals surface area (Å²) in [5.74, 6) is 0.00596. The van der Waals surface area contributed by atoms with Gasteiger partial charge < -0.3 is 4.90 Å². The van der Waals surface area contributed by atoms with Crippen molar-refractivity contribution in [3.05, 3.63) is 29.3 Å². The minimum absolute atomic E-state index is 0.00596. The lowest BCUT2D eigenvalue weighted by Gasteiger charge is -2.22. The monoisotopic (exact) mass is 385 g/mol. The zero-order valence-corrected chi connectivity index (χ0v) is 15.7. The summed E-state index contributed by atoms with van der Waals surface area (Å²) in [5.41, 5.74) is 0. The number of carbonyl (C=O) groups is 1. The molecule has 138 valence electrons. The summed E-state index contributed by atoms with van der Waals surface area (Å²) in [6.45, 7) is 3.55. The molecule has 0 radical (unpaired) electrons. The highest BCUT2D eigenvalue weighted by molar-refractivity contribution is 7.89. The molecule has 1 saturated carbocycles. The van der Waals surface area contributed by atoms with Gasteiger partial charge in [0.05, 0.1) is 4.90 Å².